The summed E-state index contributed by atoms with van der Waals surface area (Å²) < 4.78 is 0. The SMILES string of the molecule is CC1=C\CC/C=C\C(C)/N=C/C(S)=N\1. The van der Waals surface area contributed by atoms with Crippen molar-refractivity contribution in [3.63, 3.8) is 0 Å². The predicted molar refractivity (Wildman–Crippen MR) is 66.5 cm³/mol. The second-order valence-electron chi connectivity index (χ2n) is 3.34. The van der Waals surface area contributed by atoms with Gasteiger partial charge in [0.2, 0.25) is 0 Å². The Morgan fingerprint density at radius 3 is 3.00 bits per heavy atom. The van der Waals surface area contributed by atoms with Gasteiger partial charge < -0.3 is 0 Å². The number of rotatable bonds is 0. The summed E-state index contributed by atoms with van der Waals surface area (Å²) in [6.07, 6.45) is 10.2. The molecule has 0 bridgehead atoms. The summed E-state index contributed by atoms with van der Waals surface area (Å²) in [6.45, 7) is 4.03. The first-order valence-electron chi connectivity index (χ1n) is 4.83. The van der Waals surface area contributed by atoms with Crippen molar-refractivity contribution < 1.29 is 0 Å². The highest BCUT2D eigenvalue weighted by atomic mass is 32.1. The lowest BCUT2D eigenvalue weighted by Gasteiger charge is -1.96. The Morgan fingerprint density at radius 2 is 2.21 bits per heavy atom. The maximum Gasteiger partial charge on any atom is 0.111 e. The van der Waals surface area contributed by atoms with E-state index < -0.39 is 0 Å². The Morgan fingerprint density at radius 1 is 1.43 bits per heavy atom. The Bertz CT molecular complexity index is 300. The van der Waals surface area contributed by atoms with Gasteiger partial charge in [-0.25, -0.2) is 4.99 Å². The monoisotopic (exact) mass is 208 g/mol. The van der Waals surface area contributed by atoms with Crippen molar-refractivity contribution in [3.05, 3.63) is 23.9 Å². The lowest BCUT2D eigenvalue weighted by molar-refractivity contribution is 0.918. The molecule has 2 nitrogen and oxygen atoms in total. The molecule has 0 radical (unpaired) electrons. The van der Waals surface area contributed by atoms with Crippen molar-refractivity contribution in [3.8, 4) is 0 Å². The summed E-state index contributed by atoms with van der Waals surface area (Å²) in [7, 11) is 0. The molecule has 0 aliphatic carbocycles. The van der Waals surface area contributed by atoms with Crippen LogP contribution in [0.5, 0.6) is 0 Å². The van der Waals surface area contributed by atoms with E-state index in [1.165, 1.54) is 0 Å². The normalized spacial score (nSPS) is 35.8. The molecule has 14 heavy (non-hydrogen) atoms. The fourth-order valence-electron chi connectivity index (χ4n) is 1.17. The lowest BCUT2D eigenvalue weighted by atomic mass is 10.2. The van der Waals surface area contributed by atoms with Gasteiger partial charge in [0, 0.05) is 5.70 Å². The van der Waals surface area contributed by atoms with E-state index in [0.29, 0.717) is 5.04 Å². The molecule has 1 unspecified atom stereocenters. The first-order chi connectivity index (χ1) is 6.68. The smallest absolute Gasteiger partial charge is 0.111 e. The van der Waals surface area contributed by atoms with Crippen LogP contribution in [-0.2, 0) is 0 Å². The maximum atomic E-state index is 4.30. The van der Waals surface area contributed by atoms with E-state index in [-0.39, 0.29) is 6.04 Å². The quantitative estimate of drug-likeness (QED) is 0.467. The second kappa shape index (κ2) is 5.81. The van der Waals surface area contributed by atoms with Gasteiger partial charge in [0.25, 0.3) is 0 Å². The number of hydrogen-bond donors (Lipinski definition) is 1. The second-order valence-corrected chi connectivity index (χ2v) is 3.80. The van der Waals surface area contributed by atoms with E-state index in [1.54, 1.807) is 6.21 Å². The summed E-state index contributed by atoms with van der Waals surface area (Å²) in [5.74, 6) is 0. The number of hydrogen-bond acceptors (Lipinski definition) is 2. The molecule has 1 aliphatic heterocycles. The zero-order chi connectivity index (χ0) is 10.4. The third-order valence-electron chi connectivity index (χ3n) is 1.90. The third kappa shape index (κ3) is 4.42. The maximum absolute atomic E-state index is 4.30. The predicted octanol–water partition coefficient (Wildman–Crippen LogP) is 3.03. The van der Waals surface area contributed by atoms with Crippen molar-refractivity contribution in [2.24, 2.45) is 9.98 Å². The highest BCUT2D eigenvalue weighted by Crippen LogP contribution is 2.05. The van der Waals surface area contributed by atoms with Crippen LogP contribution in [0.2, 0.25) is 0 Å². The standard InChI is InChI=1S/C11H16N2S/c1-9-6-4-3-5-7-10(2)13-11(14)8-12-9/h4,6-9H,3,5H2,1-2H3,(H,13,14)/b6-4-,10-7+,12-8+. The van der Waals surface area contributed by atoms with Crippen LogP contribution >= 0.6 is 12.6 Å². The minimum Gasteiger partial charge on any atom is -0.283 e. The van der Waals surface area contributed by atoms with Crippen LogP contribution < -0.4 is 0 Å². The topological polar surface area (TPSA) is 24.7 Å². The molecule has 0 spiro atoms. The molecule has 0 aromatic carbocycles. The summed E-state index contributed by atoms with van der Waals surface area (Å²) in [6, 6.07) is 0.214. The van der Waals surface area contributed by atoms with Crippen molar-refractivity contribution in [2.75, 3.05) is 0 Å². The molecule has 76 valence electrons. The molecule has 0 N–H and O–H groups in total. The minimum absolute atomic E-state index is 0.214. The molecule has 1 aliphatic rings. The Kier molecular flexibility index (Phi) is 4.66. The molecule has 0 saturated heterocycles. The Balaban J connectivity index is 2.82. The summed E-state index contributed by atoms with van der Waals surface area (Å²) >= 11 is 4.23. The van der Waals surface area contributed by atoms with Crippen LogP contribution in [0.1, 0.15) is 26.7 Å². The Labute approximate surface area is 90.9 Å². The zero-order valence-corrected chi connectivity index (χ0v) is 9.54. The van der Waals surface area contributed by atoms with Crippen molar-refractivity contribution in [1.82, 2.24) is 0 Å². The first-order valence-corrected chi connectivity index (χ1v) is 5.27. The van der Waals surface area contributed by atoms with Crippen LogP contribution in [-0.4, -0.2) is 17.3 Å². The lowest BCUT2D eigenvalue weighted by Crippen LogP contribution is -1.96. The zero-order valence-electron chi connectivity index (χ0n) is 8.64. The van der Waals surface area contributed by atoms with E-state index in [0.717, 1.165) is 18.5 Å². The molecule has 3 heteroatoms. The van der Waals surface area contributed by atoms with Crippen LogP contribution in [0.4, 0.5) is 0 Å². The fourth-order valence-corrected chi connectivity index (χ4v) is 1.40. The van der Waals surface area contributed by atoms with Crippen molar-refractivity contribution >= 4 is 23.9 Å². The van der Waals surface area contributed by atoms with Gasteiger partial charge in [-0.05, 0) is 26.7 Å². The largest absolute Gasteiger partial charge is 0.283 e. The minimum atomic E-state index is 0.214. The highest BCUT2D eigenvalue weighted by molar-refractivity contribution is 7.99. The van der Waals surface area contributed by atoms with Gasteiger partial charge in [-0.3, -0.25) is 4.99 Å². The van der Waals surface area contributed by atoms with Crippen LogP contribution in [0.25, 0.3) is 0 Å². The van der Waals surface area contributed by atoms with Crippen LogP contribution in [0.15, 0.2) is 33.9 Å². The van der Waals surface area contributed by atoms with Gasteiger partial charge in [-0.1, -0.05) is 18.2 Å². The molecule has 0 saturated carbocycles. The molecule has 0 amide bonds. The van der Waals surface area contributed by atoms with Gasteiger partial charge >= 0.3 is 0 Å². The molecule has 0 aromatic heterocycles. The molecule has 1 atom stereocenters. The number of aliphatic imine (C=N–C) groups is 2. The number of thiol groups is 1. The van der Waals surface area contributed by atoms with Gasteiger partial charge in [0.1, 0.15) is 5.04 Å². The average molecular weight is 208 g/mol. The van der Waals surface area contributed by atoms with Gasteiger partial charge in [0.15, 0.2) is 0 Å². The summed E-state index contributed by atoms with van der Waals surface area (Å²) in [5, 5.41) is 0.668. The van der Waals surface area contributed by atoms with E-state index in [2.05, 4.69) is 40.8 Å². The van der Waals surface area contributed by atoms with E-state index in [9.17, 15) is 0 Å². The van der Waals surface area contributed by atoms with Gasteiger partial charge in [0.05, 0.1) is 12.3 Å². The molecular formula is C11H16N2S. The Hall–Kier alpha value is -0.830. The van der Waals surface area contributed by atoms with Crippen LogP contribution in [0.3, 0.4) is 0 Å². The van der Waals surface area contributed by atoms with E-state index in [4.69, 9.17) is 0 Å². The number of nitrogens with zero attached hydrogens (tertiary/aromatic N) is 2. The molecule has 0 aromatic rings. The number of allylic oxidation sites excluding steroid dienone is 3. The highest BCUT2D eigenvalue weighted by Gasteiger charge is 1.94. The van der Waals surface area contributed by atoms with Gasteiger partial charge in [-0.15, -0.1) is 12.6 Å². The molecule has 0 fully saturated rings. The molecular weight excluding hydrogens is 192 g/mol. The van der Waals surface area contributed by atoms with Crippen molar-refractivity contribution in [1.29, 1.82) is 0 Å². The van der Waals surface area contributed by atoms with Gasteiger partial charge in [-0.2, -0.15) is 0 Å². The first kappa shape index (κ1) is 11.2. The van der Waals surface area contributed by atoms with Crippen LogP contribution in [0, 0.1) is 0 Å². The summed E-state index contributed by atoms with van der Waals surface area (Å²) in [5.41, 5.74) is 1.00. The van der Waals surface area contributed by atoms with E-state index >= 15 is 0 Å². The average Bonchev–Trinajstić information content (AvgIpc) is 2.15. The molecule has 1 rings (SSSR count). The van der Waals surface area contributed by atoms with E-state index in [1.807, 2.05) is 13.8 Å². The fraction of sp³-hybridized carbons (Fsp3) is 0.455. The molecule has 1 heterocycles. The van der Waals surface area contributed by atoms with Crippen molar-refractivity contribution in [2.45, 2.75) is 32.7 Å². The third-order valence-corrected chi connectivity index (χ3v) is 2.12. The summed E-state index contributed by atoms with van der Waals surface area (Å²) in [4.78, 5) is 8.58.